The lowest BCUT2D eigenvalue weighted by Gasteiger charge is -2.09. The average Bonchev–Trinajstić information content (AvgIpc) is 3.01. The second-order valence-corrected chi connectivity index (χ2v) is 5.15. The molecular formula is C18H17N3O2. The zero-order valence-corrected chi connectivity index (χ0v) is 12.8. The van der Waals surface area contributed by atoms with E-state index in [1.165, 1.54) is 0 Å². The van der Waals surface area contributed by atoms with Crippen LogP contribution in [0.3, 0.4) is 0 Å². The van der Waals surface area contributed by atoms with Crippen LogP contribution in [0.25, 0.3) is 11.1 Å². The average molecular weight is 307 g/mol. The summed E-state index contributed by atoms with van der Waals surface area (Å²) >= 11 is 0. The molecule has 0 atom stereocenters. The monoisotopic (exact) mass is 307 g/mol. The van der Waals surface area contributed by atoms with Gasteiger partial charge in [0.05, 0.1) is 0 Å². The maximum absolute atomic E-state index is 12.5. The number of aromatic nitrogens is 2. The first-order chi connectivity index (χ1) is 11.2. The van der Waals surface area contributed by atoms with Crippen molar-refractivity contribution in [3.8, 4) is 11.1 Å². The highest BCUT2D eigenvalue weighted by atomic mass is 16.5. The van der Waals surface area contributed by atoms with Crippen molar-refractivity contribution < 1.29 is 9.32 Å². The van der Waals surface area contributed by atoms with Gasteiger partial charge in [0.1, 0.15) is 0 Å². The predicted molar refractivity (Wildman–Crippen MR) is 87.0 cm³/mol. The lowest BCUT2D eigenvalue weighted by Crippen LogP contribution is -2.26. The lowest BCUT2D eigenvalue weighted by molar-refractivity contribution is 0.0954. The quantitative estimate of drug-likeness (QED) is 0.786. The fourth-order valence-electron chi connectivity index (χ4n) is 2.37. The summed E-state index contributed by atoms with van der Waals surface area (Å²) in [4.78, 5) is 16.6. The van der Waals surface area contributed by atoms with Gasteiger partial charge in [0.25, 0.3) is 5.91 Å². The number of benzene rings is 2. The lowest BCUT2D eigenvalue weighted by atomic mass is 9.99. The molecule has 0 radical (unpaired) electrons. The van der Waals surface area contributed by atoms with Gasteiger partial charge < -0.3 is 9.84 Å². The molecule has 1 amide bonds. The van der Waals surface area contributed by atoms with Crippen molar-refractivity contribution in [1.82, 2.24) is 15.5 Å². The highest BCUT2D eigenvalue weighted by molar-refractivity contribution is 6.00. The van der Waals surface area contributed by atoms with Gasteiger partial charge in [-0.25, -0.2) is 0 Å². The largest absolute Gasteiger partial charge is 0.352 e. The molecule has 0 aliphatic rings. The summed E-state index contributed by atoms with van der Waals surface area (Å²) in [5.74, 6) is 1.01. The highest BCUT2D eigenvalue weighted by Gasteiger charge is 2.12. The molecule has 3 rings (SSSR count). The highest BCUT2D eigenvalue weighted by Crippen LogP contribution is 2.23. The molecule has 2 aromatic carbocycles. The standard InChI is InChI=1S/C18H17N3O2/c1-13-20-17(23-21-13)11-12-19-18(22)16-10-6-5-9-15(16)14-7-3-2-4-8-14/h2-10H,11-12H2,1H3,(H,19,22). The van der Waals surface area contributed by atoms with Crippen molar-refractivity contribution in [2.45, 2.75) is 13.3 Å². The summed E-state index contributed by atoms with van der Waals surface area (Å²) in [5.41, 5.74) is 2.59. The van der Waals surface area contributed by atoms with Crippen LogP contribution in [0.4, 0.5) is 0 Å². The van der Waals surface area contributed by atoms with Crippen LogP contribution in [0.1, 0.15) is 22.1 Å². The minimum Gasteiger partial charge on any atom is -0.352 e. The number of aryl methyl sites for hydroxylation is 1. The van der Waals surface area contributed by atoms with Crippen LogP contribution in [0.5, 0.6) is 0 Å². The van der Waals surface area contributed by atoms with Gasteiger partial charge in [-0.2, -0.15) is 4.98 Å². The summed E-state index contributed by atoms with van der Waals surface area (Å²) in [6.45, 7) is 2.21. The molecule has 5 heteroatoms. The SMILES string of the molecule is Cc1noc(CCNC(=O)c2ccccc2-c2ccccc2)n1. The molecule has 0 unspecified atom stereocenters. The fraction of sp³-hybridized carbons (Fsp3) is 0.167. The van der Waals surface area contributed by atoms with E-state index in [0.29, 0.717) is 30.2 Å². The Hall–Kier alpha value is -2.95. The first-order valence-corrected chi connectivity index (χ1v) is 7.46. The van der Waals surface area contributed by atoms with Gasteiger partial charge in [-0.3, -0.25) is 4.79 Å². The van der Waals surface area contributed by atoms with Gasteiger partial charge in [-0.1, -0.05) is 53.7 Å². The molecular weight excluding hydrogens is 290 g/mol. The van der Waals surface area contributed by atoms with Gasteiger partial charge in [-0.15, -0.1) is 0 Å². The molecule has 0 bridgehead atoms. The van der Waals surface area contributed by atoms with E-state index >= 15 is 0 Å². The summed E-state index contributed by atoms with van der Waals surface area (Å²) in [6.07, 6.45) is 0.514. The molecule has 3 aromatic rings. The van der Waals surface area contributed by atoms with Crippen molar-refractivity contribution in [3.05, 3.63) is 71.9 Å². The van der Waals surface area contributed by atoms with Crippen LogP contribution >= 0.6 is 0 Å². The molecule has 0 aliphatic heterocycles. The molecule has 0 saturated heterocycles. The van der Waals surface area contributed by atoms with Crippen LogP contribution < -0.4 is 5.32 Å². The Kier molecular flexibility index (Phi) is 4.47. The number of carbonyl (C=O) groups is 1. The van der Waals surface area contributed by atoms with Crippen molar-refractivity contribution in [2.24, 2.45) is 0 Å². The van der Waals surface area contributed by atoms with Crippen molar-refractivity contribution in [3.63, 3.8) is 0 Å². The zero-order valence-electron chi connectivity index (χ0n) is 12.8. The second-order valence-electron chi connectivity index (χ2n) is 5.15. The minimum atomic E-state index is -0.110. The molecule has 5 nitrogen and oxygen atoms in total. The summed E-state index contributed by atoms with van der Waals surface area (Å²) in [5, 5.41) is 6.63. The molecule has 1 aromatic heterocycles. The van der Waals surface area contributed by atoms with E-state index in [9.17, 15) is 4.79 Å². The molecule has 0 saturated carbocycles. The summed E-state index contributed by atoms with van der Waals surface area (Å²) in [6, 6.07) is 17.4. The van der Waals surface area contributed by atoms with E-state index in [-0.39, 0.29) is 5.91 Å². The van der Waals surface area contributed by atoms with Crippen molar-refractivity contribution in [2.75, 3.05) is 6.54 Å². The Bertz CT molecular complexity index is 797. The Morgan fingerprint density at radius 2 is 1.83 bits per heavy atom. The van der Waals surface area contributed by atoms with Crippen LogP contribution in [0, 0.1) is 6.92 Å². The number of nitrogens with zero attached hydrogens (tertiary/aromatic N) is 2. The Balaban J connectivity index is 1.70. The predicted octanol–water partition coefficient (Wildman–Crippen LogP) is 3.02. The zero-order chi connectivity index (χ0) is 16.1. The number of carbonyl (C=O) groups excluding carboxylic acids is 1. The Morgan fingerprint density at radius 1 is 1.09 bits per heavy atom. The number of hydrogen-bond acceptors (Lipinski definition) is 4. The minimum absolute atomic E-state index is 0.110. The molecule has 0 spiro atoms. The van der Waals surface area contributed by atoms with E-state index in [0.717, 1.165) is 11.1 Å². The van der Waals surface area contributed by atoms with E-state index < -0.39 is 0 Å². The topological polar surface area (TPSA) is 68.0 Å². The molecule has 23 heavy (non-hydrogen) atoms. The van der Waals surface area contributed by atoms with E-state index in [2.05, 4.69) is 15.5 Å². The molecule has 0 fully saturated rings. The van der Waals surface area contributed by atoms with Crippen molar-refractivity contribution >= 4 is 5.91 Å². The van der Waals surface area contributed by atoms with Crippen molar-refractivity contribution in [1.29, 1.82) is 0 Å². The van der Waals surface area contributed by atoms with Gasteiger partial charge in [0.15, 0.2) is 5.82 Å². The molecule has 0 aliphatic carbocycles. The Labute approximate surface area is 134 Å². The van der Waals surface area contributed by atoms with Crippen LogP contribution in [0.15, 0.2) is 59.1 Å². The van der Waals surface area contributed by atoms with Gasteiger partial charge >= 0.3 is 0 Å². The molecule has 1 heterocycles. The van der Waals surface area contributed by atoms with Crippen LogP contribution in [-0.2, 0) is 6.42 Å². The third-order valence-electron chi connectivity index (χ3n) is 3.45. The van der Waals surface area contributed by atoms with Gasteiger partial charge in [0.2, 0.25) is 5.89 Å². The second kappa shape index (κ2) is 6.87. The number of hydrogen-bond donors (Lipinski definition) is 1. The molecule has 1 N–H and O–H groups in total. The van der Waals surface area contributed by atoms with E-state index in [1.54, 1.807) is 6.92 Å². The van der Waals surface area contributed by atoms with Gasteiger partial charge in [-0.05, 0) is 24.1 Å². The Morgan fingerprint density at radius 3 is 2.57 bits per heavy atom. The van der Waals surface area contributed by atoms with E-state index in [4.69, 9.17) is 4.52 Å². The summed E-state index contributed by atoms with van der Waals surface area (Å²) in [7, 11) is 0. The van der Waals surface area contributed by atoms with E-state index in [1.807, 2.05) is 54.6 Å². The third kappa shape index (κ3) is 3.63. The smallest absolute Gasteiger partial charge is 0.251 e. The number of nitrogens with one attached hydrogen (secondary N) is 1. The number of amides is 1. The third-order valence-corrected chi connectivity index (χ3v) is 3.45. The van der Waals surface area contributed by atoms with Crippen LogP contribution in [0.2, 0.25) is 0 Å². The summed E-state index contributed by atoms with van der Waals surface area (Å²) < 4.78 is 5.03. The number of rotatable bonds is 5. The first kappa shape index (κ1) is 15.0. The normalized spacial score (nSPS) is 10.5. The van der Waals surface area contributed by atoms with Crippen LogP contribution in [-0.4, -0.2) is 22.6 Å². The van der Waals surface area contributed by atoms with Gasteiger partial charge in [0, 0.05) is 18.5 Å². The maximum atomic E-state index is 12.5. The maximum Gasteiger partial charge on any atom is 0.251 e. The fourth-order valence-corrected chi connectivity index (χ4v) is 2.37. The first-order valence-electron chi connectivity index (χ1n) is 7.46. The molecule has 116 valence electrons.